The second-order valence-corrected chi connectivity index (χ2v) is 8.32. The highest BCUT2D eigenvalue weighted by Crippen LogP contribution is 2.37. The number of carbonyl (C=O) groups is 2. The largest absolute Gasteiger partial charge is 0.495 e. The van der Waals surface area contributed by atoms with Crippen molar-refractivity contribution in [3.05, 3.63) is 59.2 Å². The van der Waals surface area contributed by atoms with Crippen molar-refractivity contribution in [2.24, 2.45) is 0 Å². The smallest absolute Gasteiger partial charge is 0.478 e. The Kier molecular flexibility index (Phi) is 5.92. The van der Waals surface area contributed by atoms with E-state index in [1.54, 1.807) is 13.0 Å². The van der Waals surface area contributed by atoms with Crippen LogP contribution in [0, 0.1) is 6.92 Å². The summed E-state index contributed by atoms with van der Waals surface area (Å²) < 4.78 is 17.4. The van der Waals surface area contributed by atoms with E-state index in [9.17, 15) is 14.7 Å². The number of amides is 1. The average Bonchev–Trinajstić information content (AvgIpc) is 2.89. The lowest BCUT2D eigenvalue weighted by molar-refractivity contribution is 0.00578. The Labute approximate surface area is 176 Å². The highest BCUT2D eigenvalue weighted by molar-refractivity contribution is 6.63. The van der Waals surface area contributed by atoms with Crippen molar-refractivity contribution in [3.8, 4) is 0 Å². The lowest BCUT2D eigenvalue weighted by Crippen LogP contribution is -2.41. The van der Waals surface area contributed by atoms with E-state index in [2.05, 4.69) is 5.32 Å². The molecule has 2 aromatic rings. The predicted molar refractivity (Wildman–Crippen MR) is 114 cm³/mol. The number of hydrogen-bond acceptors (Lipinski definition) is 5. The highest BCUT2D eigenvalue weighted by Gasteiger charge is 2.52. The van der Waals surface area contributed by atoms with E-state index >= 15 is 0 Å². The van der Waals surface area contributed by atoms with Crippen LogP contribution < -0.4 is 10.8 Å². The fourth-order valence-electron chi connectivity index (χ4n) is 3.12. The number of carbonyl (C=O) groups excluding carboxylic acids is 1. The Hall–Kier alpha value is -2.84. The van der Waals surface area contributed by atoms with Crippen molar-refractivity contribution >= 4 is 30.3 Å². The summed E-state index contributed by atoms with van der Waals surface area (Å²) in [5.74, 6) is -1.11. The summed E-state index contributed by atoms with van der Waals surface area (Å²) in [5, 5.41) is 12.2. The van der Waals surface area contributed by atoms with Gasteiger partial charge in [0, 0.05) is 5.69 Å². The van der Waals surface area contributed by atoms with Gasteiger partial charge in [0.15, 0.2) is 0 Å². The third kappa shape index (κ3) is 4.50. The molecule has 1 amide bonds. The monoisotopic (exact) mass is 411 g/mol. The van der Waals surface area contributed by atoms with Crippen LogP contribution in [0.2, 0.25) is 0 Å². The molecule has 1 fully saturated rings. The van der Waals surface area contributed by atoms with Gasteiger partial charge in [-0.15, -0.1) is 0 Å². The van der Waals surface area contributed by atoms with Crippen LogP contribution in [0.1, 0.15) is 49.2 Å². The fraction of sp³-hybridized carbons (Fsp3) is 0.364. The molecular weight excluding hydrogens is 385 g/mol. The first-order valence-electron chi connectivity index (χ1n) is 9.71. The van der Waals surface area contributed by atoms with E-state index in [1.165, 1.54) is 6.07 Å². The van der Waals surface area contributed by atoms with Crippen LogP contribution in [0.3, 0.4) is 0 Å². The van der Waals surface area contributed by atoms with Crippen LogP contribution in [0.4, 0.5) is 10.5 Å². The van der Waals surface area contributed by atoms with Gasteiger partial charge < -0.3 is 19.2 Å². The zero-order chi connectivity index (χ0) is 22.1. The third-order valence-electron chi connectivity index (χ3n) is 5.64. The van der Waals surface area contributed by atoms with Crippen LogP contribution in [-0.4, -0.2) is 35.5 Å². The second-order valence-electron chi connectivity index (χ2n) is 8.32. The van der Waals surface area contributed by atoms with Gasteiger partial charge in [0.25, 0.3) is 0 Å². The quantitative estimate of drug-likeness (QED) is 0.728. The average molecular weight is 411 g/mol. The van der Waals surface area contributed by atoms with Crippen molar-refractivity contribution in [1.29, 1.82) is 0 Å². The molecule has 7 nitrogen and oxygen atoms in total. The van der Waals surface area contributed by atoms with E-state index in [4.69, 9.17) is 14.0 Å². The maximum atomic E-state index is 12.2. The molecule has 158 valence electrons. The minimum atomic E-state index is -1.11. The molecule has 1 heterocycles. The minimum Gasteiger partial charge on any atom is -0.478 e. The maximum Gasteiger partial charge on any atom is 0.495 e. The highest BCUT2D eigenvalue weighted by atomic mass is 16.7. The molecule has 8 heteroatoms. The number of aromatic carboxylic acids is 1. The van der Waals surface area contributed by atoms with Crippen molar-refractivity contribution in [2.75, 3.05) is 5.32 Å². The Balaban J connectivity index is 1.83. The topological polar surface area (TPSA) is 94.1 Å². The number of carboxylic acid groups (broad SMARTS) is 1. The molecule has 2 aromatic carbocycles. The normalized spacial score (nSPS) is 16.9. The molecule has 0 spiro atoms. The standard InChI is InChI=1S/C22H26BNO6/c1-14-17(19(25)26)11-16(24-20(27)28-13-15-9-7-6-8-10-15)12-18(14)23-29-21(2,3)22(4,5)30-23/h6-12H,13H2,1-5H3,(H,24,27)(H,25,26). The molecule has 30 heavy (non-hydrogen) atoms. The Bertz CT molecular complexity index is 942. The van der Waals surface area contributed by atoms with Crippen LogP contribution >= 0.6 is 0 Å². The number of benzene rings is 2. The maximum absolute atomic E-state index is 12.2. The number of ether oxygens (including phenoxy) is 1. The van der Waals surface area contributed by atoms with Crippen LogP contribution in [0.15, 0.2) is 42.5 Å². The second kappa shape index (κ2) is 8.12. The van der Waals surface area contributed by atoms with Crippen LogP contribution in [0.5, 0.6) is 0 Å². The zero-order valence-electron chi connectivity index (χ0n) is 17.8. The molecule has 0 atom stereocenters. The summed E-state index contributed by atoms with van der Waals surface area (Å²) in [6.07, 6.45) is -0.682. The lowest BCUT2D eigenvalue weighted by atomic mass is 9.74. The predicted octanol–water partition coefficient (Wildman–Crippen LogP) is 3.74. The van der Waals surface area contributed by atoms with E-state index in [0.717, 1.165) is 5.56 Å². The van der Waals surface area contributed by atoms with Gasteiger partial charge in [-0.05, 0) is 63.3 Å². The minimum absolute atomic E-state index is 0.0561. The zero-order valence-corrected chi connectivity index (χ0v) is 17.8. The Morgan fingerprint density at radius 3 is 2.23 bits per heavy atom. The molecule has 0 aromatic heterocycles. The molecule has 1 aliphatic heterocycles. The van der Waals surface area contributed by atoms with E-state index < -0.39 is 30.4 Å². The summed E-state index contributed by atoms with van der Waals surface area (Å²) in [7, 11) is -0.754. The number of hydrogen-bond donors (Lipinski definition) is 2. The first kappa shape index (κ1) is 21.9. The molecule has 2 N–H and O–H groups in total. The van der Waals surface area contributed by atoms with Crippen molar-refractivity contribution in [1.82, 2.24) is 0 Å². The fourth-order valence-corrected chi connectivity index (χ4v) is 3.12. The van der Waals surface area contributed by atoms with Gasteiger partial charge in [0.2, 0.25) is 0 Å². The molecule has 0 aliphatic carbocycles. The Morgan fingerprint density at radius 1 is 1.07 bits per heavy atom. The molecular formula is C22H26BNO6. The van der Waals surface area contributed by atoms with Crippen LogP contribution in [-0.2, 0) is 20.7 Å². The van der Waals surface area contributed by atoms with Crippen molar-refractivity contribution in [2.45, 2.75) is 52.4 Å². The summed E-state index contributed by atoms with van der Waals surface area (Å²) in [4.78, 5) is 24.0. The van der Waals surface area contributed by atoms with E-state index in [0.29, 0.717) is 16.7 Å². The Morgan fingerprint density at radius 2 is 1.67 bits per heavy atom. The first-order chi connectivity index (χ1) is 14.0. The van der Waals surface area contributed by atoms with Gasteiger partial charge in [0.1, 0.15) is 6.61 Å². The first-order valence-corrected chi connectivity index (χ1v) is 9.71. The van der Waals surface area contributed by atoms with E-state index in [-0.39, 0.29) is 12.2 Å². The third-order valence-corrected chi connectivity index (χ3v) is 5.64. The summed E-state index contributed by atoms with van der Waals surface area (Å²) >= 11 is 0. The van der Waals surface area contributed by atoms with Crippen LogP contribution in [0.25, 0.3) is 0 Å². The molecule has 0 unspecified atom stereocenters. The molecule has 0 radical (unpaired) electrons. The summed E-state index contributed by atoms with van der Waals surface area (Å²) in [6, 6.07) is 12.3. The molecule has 3 rings (SSSR count). The van der Waals surface area contributed by atoms with Crippen molar-refractivity contribution in [3.63, 3.8) is 0 Å². The number of nitrogens with one attached hydrogen (secondary N) is 1. The molecule has 1 aliphatic rings. The lowest BCUT2D eigenvalue weighted by Gasteiger charge is -2.32. The van der Waals surface area contributed by atoms with Gasteiger partial charge in [-0.3, -0.25) is 5.32 Å². The SMILES string of the molecule is Cc1c(B2OC(C)(C)C(C)(C)O2)cc(NC(=O)OCc2ccccc2)cc1C(=O)O. The molecule has 0 saturated carbocycles. The van der Waals surface area contributed by atoms with Gasteiger partial charge in [-0.2, -0.15) is 0 Å². The molecule has 1 saturated heterocycles. The summed E-state index contributed by atoms with van der Waals surface area (Å²) in [5.41, 5.74) is 1.11. The number of rotatable bonds is 5. The molecule has 0 bridgehead atoms. The van der Waals surface area contributed by atoms with Gasteiger partial charge in [-0.1, -0.05) is 30.3 Å². The van der Waals surface area contributed by atoms with Gasteiger partial charge in [-0.25, -0.2) is 9.59 Å². The van der Waals surface area contributed by atoms with E-state index in [1.807, 2.05) is 58.0 Å². The number of carboxylic acids is 1. The summed E-state index contributed by atoms with van der Waals surface area (Å²) in [6.45, 7) is 9.48. The number of anilines is 1. The van der Waals surface area contributed by atoms with Gasteiger partial charge in [0.05, 0.1) is 16.8 Å². The van der Waals surface area contributed by atoms with Gasteiger partial charge >= 0.3 is 19.2 Å². The van der Waals surface area contributed by atoms with Crippen molar-refractivity contribution < 1.29 is 28.7 Å².